The molecule has 2 amide bonds. The maximum atomic E-state index is 13.9. The average Bonchev–Trinajstić information content (AvgIpc) is 3.00. The molecule has 0 unspecified atom stereocenters. The summed E-state index contributed by atoms with van der Waals surface area (Å²) >= 11 is 6.29. The summed E-state index contributed by atoms with van der Waals surface area (Å²) in [5.74, 6) is -0.0746. The number of hydrogen-bond acceptors (Lipinski definition) is 5. The van der Waals surface area contributed by atoms with Gasteiger partial charge in [0, 0.05) is 36.3 Å². The van der Waals surface area contributed by atoms with E-state index in [0.29, 0.717) is 60.1 Å². The van der Waals surface area contributed by atoms with Crippen molar-refractivity contribution in [2.24, 2.45) is 5.92 Å². The van der Waals surface area contributed by atoms with Gasteiger partial charge in [0.05, 0.1) is 17.5 Å². The highest BCUT2D eigenvalue weighted by molar-refractivity contribution is 7.92. The van der Waals surface area contributed by atoms with Crippen molar-refractivity contribution >= 4 is 39.1 Å². The topological polar surface area (TPSA) is 108 Å². The smallest absolute Gasteiger partial charge is 0.251 e. The van der Waals surface area contributed by atoms with Gasteiger partial charge >= 0.3 is 0 Å². The van der Waals surface area contributed by atoms with Gasteiger partial charge in [-0.2, -0.15) is 0 Å². The largest absolute Gasteiger partial charge is 0.354 e. The third-order valence-corrected chi connectivity index (χ3v) is 9.69. The maximum Gasteiger partial charge on any atom is 0.251 e. The summed E-state index contributed by atoms with van der Waals surface area (Å²) in [5.41, 5.74) is 3.23. The molecule has 0 heterocycles. The zero-order chi connectivity index (χ0) is 33.0. The van der Waals surface area contributed by atoms with Crippen molar-refractivity contribution in [3.05, 3.63) is 88.9 Å². The van der Waals surface area contributed by atoms with Gasteiger partial charge in [-0.05, 0) is 79.1 Å². The molecule has 0 radical (unpaired) electrons. The van der Waals surface area contributed by atoms with Gasteiger partial charge in [0.25, 0.3) is 5.91 Å². The predicted octanol–water partition coefficient (Wildman–Crippen LogP) is 6.05. The molecule has 3 aromatic rings. The fourth-order valence-electron chi connectivity index (χ4n) is 5.11. The Hall–Kier alpha value is -3.40. The fourth-order valence-corrected chi connectivity index (χ4v) is 6.85. The Kier molecular flexibility index (Phi) is 13.9. The molecular formula is C35H47ClN4O4S. The summed E-state index contributed by atoms with van der Waals surface area (Å²) in [4.78, 5) is 26.8. The zero-order valence-corrected chi connectivity index (χ0v) is 28.5. The molecule has 0 fully saturated rings. The van der Waals surface area contributed by atoms with Crippen LogP contribution in [0, 0.1) is 5.92 Å². The molecule has 3 rings (SSSR count). The molecule has 45 heavy (non-hydrogen) atoms. The number of nitrogens with one attached hydrogen (secondary N) is 3. The van der Waals surface area contributed by atoms with Crippen LogP contribution in [0.2, 0.25) is 5.02 Å². The van der Waals surface area contributed by atoms with Gasteiger partial charge in [-0.25, -0.2) is 8.42 Å². The summed E-state index contributed by atoms with van der Waals surface area (Å²) in [6.45, 7) is 10.8. The highest BCUT2D eigenvalue weighted by Crippen LogP contribution is 2.30. The van der Waals surface area contributed by atoms with Crippen LogP contribution in [0.3, 0.4) is 0 Å². The van der Waals surface area contributed by atoms with E-state index in [1.165, 1.54) is 4.31 Å². The van der Waals surface area contributed by atoms with Crippen LogP contribution in [-0.2, 0) is 21.2 Å². The molecular weight excluding hydrogens is 608 g/mol. The average molecular weight is 655 g/mol. The fraction of sp³-hybridized carbons (Fsp3) is 0.429. The van der Waals surface area contributed by atoms with E-state index in [4.69, 9.17) is 11.6 Å². The van der Waals surface area contributed by atoms with E-state index in [-0.39, 0.29) is 30.2 Å². The molecule has 0 saturated heterocycles. The second-order valence-electron chi connectivity index (χ2n) is 11.6. The number of halogens is 1. The number of sulfonamides is 1. The van der Waals surface area contributed by atoms with E-state index in [2.05, 4.69) is 16.0 Å². The number of amides is 2. The van der Waals surface area contributed by atoms with Gasteiger partial charge in [-0.3, -0.25) is 13.9 Å². The number of nitrogens with zero attached hydrogens (tertiary/aromatic N) is 1. The molecule has 0 aliphatic heterocycles. The van der Waals surface area contributed by atoms with Crippen molar-refractivity contribution in [1.29, 1.82) is 0 Å². The van der Waals surface area contributed by atoms with Crippen molar-refractivity contribution < 1.29 is 18.0 Å². The first kappa shape index (κ1) is 36.1. The van der Waals surface area contributed by atoms with Crippen molar-refractivity contribution in [2.45, 2.75) is 66.0 Å². The highest BCUT2D eigenvalue weighted by atomic mass is 35.5. The Morgan fingerprint density at radius 1 is 0.889 bits per heavy atom. The SMILES string of the molecule is CCCS(=O)(=O)N(CC)c1cc(C(=O)N[C@H](CN[C@@H](CC)C(=O)NCC(C)C)Cc2ccccc2)cc(-c2cccc(Cl)c2)c1. The summed E-state index contributed by atoms with van der Waals surface area (Å²) in [5, 5.41) is 10.0. The lowest BCUT2D eigenvalue weighted by Gasteiger charge is -2.25. The number of benzene rings is 3. The Bertz CT molecular complexity index is 1520. The van der Waals surface area contributed by atoms with Gasteiger partial charge in [-0.1, -0.05) is 81.8 Å². The molecule has 0 aliphatic rings. The minimum absolute atomic E-state index is 0.00206. The van der Waals surface area contributed by atoms with Gasteiger partial charge in [0.15, 0.2) is 0 Å². The summed E-state index contributed by atoms with van der Waals surface area (Å²) in [7, 11) is -3.60. The molecule has 2 atom stereocenters. The second-order valence-corrected chi connectivity index (χ2v) is 14.1. The van der Waals surface area contributed by atoms with Crippen molar-refractivity contribution in [2.75, 3.05) is 29.7 Å². The molecule has 0 saturated carbocycles. The van der Waals surface area contributed by atoms with Gasteiger partial charge in [-0.15, -0.1) is 0 Å². The Morgan fingerprint density at radius 3 is 2.24 bits per heavy atom. The second kappa shape index (κ2) is 17.3. The van der Waals surface area contributed by atoms with E-state index < -0.39 is 16.1 Å². The van der Waals surface area contributed by atoms with Crippen LogP contribution in [0.4, 0.5) is 5.69 Å². The standard InChI is InChI=1S/C35H47ClN4O4S/c1-6-17-45(43,44)40(8-3)32-21-28(27-15-12-16-30(36)20-27)19-29(22-32)34(41)39-31(18-26-13-10-9-11-14-26)24-37-33(7-2)35(42)38-23-25(4)5/h9-16,19-22,25,31,33,37H,6-8,17-18,23-24H2,1-5H3,(H,38,42)(H,39,41)/t31-,33-/m0/s1. The lowest BCUT2D eigenvalue weighted by atomic mass is 10.0. The van der Waals surface area contributed by atoms with E-state index >= 15 is 0 Å². The van der Waals surface area contributed by atoms with Crippen LogP contribution >= 0.6 is 11.6 Å². The Labute approximate surface area is 274 Å². The van der Waals surface area contributed by atoms with Gasteiger partial charge in [0.2, 0.25) is 15.9 Å². The molecule has 3 aromatic carbocycles. The molecule has 8 nitrogen and oxygen atoms in total. The highest BCUT2D eigenvalue weighted by Gasteiger charge is 2.24. The van der Waals surface area contributed by atoms with Crippen molar-refractivity contribution in [3.8, 4) is 11.1 Å². The van der Waals surface area contributed by atoms with Crippen LogP contribution in [0.15, 0.2) is 72.8 Å². The molecule has 0 spiro atoms. The molecule has 0 aromatic heterocycles. The van der Waals surface area contributed by atoms with Crippen LogP contribution in [0.5, 0.6) is 0 Å². The Balaban J connectivity index is 1.97. The first-order valence-electron chi connectivity index (χ1n) is 15.7. The normalized spacial score (nSPS) is 12.9. The first-order valence-corrected chi connectivity index (χ1v) is 17.7. The molecule has 0 bridgehead atoms. The number of hydrogen-bond donors (Lipinski definition) is 3. The van der Waals surface area contributed by atoms with Crippen molar-refractivity contribution in [1.82, 2.24) is 16.0 Å². The predicted molar refractivity (Wildman–Crippen MR) is 185 cm³/mol. The maximum absolute atomic E-state index is 13.9. The lowest BCUT2D eigenvalue weighted by molar-refractivity contribution is -0.123. The van der Waals surface area contributed by atoms with E-state index in [0.717, 1.165) is 11.1 Å². The first-order chi connectivity index (χ1) is 21.5. The molecule has 0 aliphatic carbocycles. The minimum atomic E-state index is -3.60. The number of carbonyl (C=O) groups is 2. The monoisotopic (exact) mass is 654 g/mol. The van der Waals surface area contributed by atoms with E-state index in [1.54, 1.807) is 37.3 Å². The quantitative estimate of drug-likeness (QED) is 0.164. The van der Waals surface area contributed by atoms with E-state index in [1.807, 2.05) is 70.2 Å². The zero-order valence-electron chi connectivity index (χ0n) is 27.0. The summed E-state index contributed by atoms with van der Waals surface area (Å²) < 4.78 is 27.8. The Morgan fingerprint density at radius 2 is 1.62 bits per heavy atom. The molecule has 244 valence electrons. The van der Waals surface area contributed by atoms with Crippen LogP contribution < -0.4 is 20.3 Å². The van der Waals surface area contributed by atoms with Gasteiger partial charge < -0.3 is 16.0 Å². The third-order valence-electron chi connectivity index (χ3n) is 7.39. The number of carbonyl (C=O) groups excluding carboxylic acids is 2. The minimum Gasteiger partial charge on any atom is -0.354 e. The van der Waals surface area contributed by atoms with Crippen LogP contribution in [0.1, 0.15) is 63.4 Å². The van der Waals surface area contributed by atoms with Crippen LogP contribution in [0.25, 0.3) is 11.1 Å². The number of anilines is 1. The summed E-state index contributed by atoms with van der Waals surface area (Å²) in [6, 6.07) is 21.5. The molecule has 10 heteroatoms. The molecule has 3 N–H and O–H groups in total. The summed E-state index contributed by atoms with van der Waals surface area (Å²) in [6.07, 6.45) is 1.61. The van der Waals surface area contributed by atoms with E-state index in [9.17, 15) is 18.0 Å². The number of rotatable bonds is 17. The van der Waals surface area contributed by atoms with Crippen molar-refractivity contribution in [3.63, 3.8) is 0 Å². The van der Waals surface area contributed by atoms with Gasteiger partial charge in [0.1, 0.15) is 0 Å². The lowest BCUT2D eigenvalue weighted by Crippen LogP contribution is -2.50. The third kappa shape index (κ3) is 10.9. The van der Waals surface area contributed by atoms with Crippen LogP contribution in [-0.4, -0.2) is 57.7 Å².